The number of carbonyl (C=O) groups excluding carboxylic acids is 2. The van der Waals surface area contributed by atoms with E-state index in [1.807, 2.05) is 0 Å². The molecule has 0 rings (SSSR count). The van der Waals surface area contributed by atoms with Crippen molar-refractivity contribution in [1.82, 2.24) is 0 Å². The van der Waals surface area contributed by atoms with Gasteiger partial charge in [-0.3, -0.25) is 18.6 Å². The Balaban J connectivity index is 4.16. The van der Waals surface area contributed by atoms with Gasteiger partial charge in [0.15, 0.2) is 6.10 Å². The first-order valence-electron chi connectivity index (χ1n) is 20.0. The van der Waals surface area contributed by atoms with Crippen molar-refractivity contribution in [2.75, 3.05) is 26.4 Å². The topological polar surface area (TPSA) is 149 Å². The predicted molar refractivity (Wildman–Crippen MR) is 196 cm³/mol. The summed E-state index contributed by atoms with van der Waals surface area (Å²) in [6.07, 6.45) is 29.6. The van der Waals surface area contributed by atoms with Crippen molar-refractivity contribution in [3.63, 3.8) is 0 Å². The molecule has 0 fully saturated rings. The lowest BCUT2D eigenvalue weighted by Gasteiger charge is -2.20. The number of ether oxygens (including phenoxy) is 2. The largest absolute Gasteiger partial charge is 0.472 e. The molecule has 0 aromatic carbocycles. The van der Waals surface area contributed by atoms with Crippen LogP contribution in [0.4, 0.5) is 0 Å². The van der Waals surface area contributed by atoms with Crippen LogP contribution in [-0.2, 0) is 32.7 Å². The Morgan fingerprint density at radius 2 is 0.878 bits per heavy atom. The van der Waals surface area contributed by atoms with Gasteiger partial charge in [0.1, 0.15) is 12.7 Å². The van der Waals surface area contributed by atoms with Crippen molar-refractivity contribution in [1.29, 1.82) is 0 Å². The molecule has 0 aliphatic heterocycles. The molecule has 0 saturated carbocycles. The van der Waals surface area contributed by atoms with E-state index in [0.717, 1.165) is 38.5 Å². The van der Waals surface area contributed by atoms with Crippen molar-refractivity contribution in [2.45, 2.75) is 206 Å². The molecule has 3 atom stereocenters. The summed E-state index contributed by atoms with van der Waals surface area (Å²) in [5, 5.41) is 18.2. The lowest BCUT2D eigenvalue weighted by atomic mass is 10.0. The highest BCUT2D eigenvalue weighted by atomic mass is 31.2. The highest BCUT2D eigenvalue weighted by Crippen LogP contribution is 2.43. The molecule has 0 radical (unpaired) electrons. The molecular formula is C38H75O10P. The van der Waals surface area contributed by atoms with Crippen LogP contribution in [0.15, 0.2) is 0 Å². The third-order valence-electron chi connectivity index (χ3n) is 8.76. The first-order valence-corrected chi connectivity index (χ1v) is 21.5. The third-order valence-corrected chi connectivity index (χ3v) is 9.71. The SMILES string of the molecule is CCCCCCCCCCCCCCCCCCCCCC(=O)O[C@H](COC(=O)CCCCCCCCC)COP(=O)(O)OC[C@@H](O)CO. The second-order valence-electron chi connectivity index (χ2n) is 13.7. The summed E-state index contributed by atoms with van der Waals surface area (Å²) in [7, 11) is -4.60. The van der Waals surface area contributed by atoms with Gasteiger partial charge in [0.25, 0.3) is 0 Å². The Kier molecular flexibility index (Phi) is 34.6. The van der Waals surface area contributed by atoms with Gasteiger partial charge in [-0.2, -0.15) is 0 Å². The van der Waals surface area contributed by atoms with Crippen LogP contribution in [0.25, 0.3) is 0 Å². The maximum Gasteiger partial charge on any atom is 0.472 e. The number of esters is 2. The van der Waals surface area contributed by atoms with Gasteiger partial charge >= 0.3 is 19.8 Å². The van der Waals surface area contributed by atoms with Crippen LogP contribution in [0, 0.1) is 0 Å². The van der Waals surface area contributed by atoms with Crippen molar-refractivity contribution in [3.8, 4) is 0 Å². The predicted octanol–water partition coefficient (Wildman–Crippen LogP) is 9.89. The van der Waals surface area contributed by atoms with Crippen LogP contribution in [0.3, 0.4) is 0 Å². The Bertz CT molecular complexity index is 796. The Morgan fingerprint density at radius 1 is 0.531 bits per heavy atom. The van der Waals surface area contributed by atoms with Crippen molar-refractivity contribution in [3.05, 3.63) is 0 Å². The molecule has 0 aromatic heterocycles. The molecule has 3 N–H and O–H groups in total. The van der Waals surface area contributed by atoms with Crippen molar-refractivity contribution < 1.29 is 47.8 Å². The van der Waals surface area contributed by atoms with E-state index in [0.29, 0.717) is 12.8 Å². The normalized spacial score (nSPS) is 14.0. The van der Waals surface area contributed by atoms with Gasteiger partial charge in [-0.25, -0.2) is 4.57 Å². The number of rotatable bonds is 38. The van der Waals surface area contributed by atoms with Gasteiger partial charge in [-0.05, 0) is 12.8 Å². The quantitative estimate of drug-likeness (QED) is 0.0319. The maximum absolute atomic E-state index is 12.5. The molecule has 0 aromatic rings. The van der Waals surface area contributed by atoms with E-state index in [1.54, 1.807) is 0 Å². The zero-order valence-electron chi connectivity index (χ0n) is 31.4. The van der Waals surface area contributed by atoms with Crippen LogP contribution in [0.2, 0.25) is 0 Å². The third kappa shape index (κ3) is 35.2. The Hall–Kier alpha value is -1.03. The summed E-state index contributed by atoms with van der Waals surface area (Å²) in [6, 6.07) is 0. The number of unbranched alkanes of at least 4 members (excludes halogenated alkanes) is 24. The molecular weight excluding hydrogens is 647 g/mol. The first-order chi connectivity index (χ1) is 23.7. The van der Waals surface area contributed by atoms with Gasteiger partial charge in [0, 0.05) is 12.8 Å². The lowest BCUT2D eigenvalue weighted by molar-refractivity contribution is -0.161. The minimum absolute atomic E-state index is 0.192. The summed E-state index contributed by atoms with van der Waals surface area (Å²) in [6.45, 7) is 2.35. The highest BCUT2D eigenvalue weighted by molar-refractivity contribution is 7.47. The molecule has 0 aliphatic rings. The van der Waals surface area contributed by atoms with Crippen LogP contribution < -0.4 is 0 Å². The summed E-state index contributed by atoms with van der Waals surface area (Å²) in [4.78, 5) is 34.7. The minimum Gasteiger partial charge on any atom is -0.462 e. The summed E-state index contributed by atoms with van der Waals surface area (Å²) in [5.74, 6) is -0.920. The van der Waals surface area contributed by atoms with E-state index >= 15 is 0 Å². The van der Waals surface area contributed by atoms with Gasteiger partial charge in [0.05, 0.1) is 19.8 Å². The maximum atomic E-state index is 12.5. The van der Waals surface area contributed by atoms with E-state index in [9.17, 15) is 24.2 Å². The molecule has 0 spiro atoms. The van der Waals surface area contributed by atoms with Crippen LogP contribution in [-0.4, -0.2) is 65.7 Å². The Labute approximate surface area is 299 Å². The highest BCUT2D eigenvalue weighted by Gasteiger charge is 2.27. The molecule has 0 amide bonds. The van der Waals surface area contributed by atoms with Gasteiger partial charge in [-0.15, -0.1) is 0 Å². The molecule has 0 saturated heterocycles. The van der Waals surface area contributed by atoms with E-state index in [4.69, 9.17) is 19.1 Å². The monoisotopic (exact) mass is 723 g/mol. The van der Waals surface area contributed by atoms with Gasteiger partial charge < -0.3 is 24.6 Å². The zero-order chi connectivity index (χ0) is 36.3. The number of hydrogen-bond acceptors (Lipinski definition) is 9. The average molecular weight is 723 g/mol. The van der Waals surface area contributed by atoms with Gasteiger partial charge in [-0.1, -0.05) is 168 Å². The fraction of sp³-hybridized carbons (Fsp3) is 0.947. The Morgan fingerprint density at radius 3 is 1.27 bits per heavy atom. The summed E-state index contributed by atoms with van der Waals surface area (Å²) >= 11 is 0. The number of phosphoric ester groups is 1. The molecule has 10 nitrogen and oxygen atoms in total. The smallest absolute Gasteiger partial charge is 0.462 e. The number of phosphoric acid groups is 1. The minimum atomic E-state index is -4.60. The summed E-state index contributed by atoms with van der Waals surface area (Å²) < 4.78 is 32.5. The summed E-state index contributed by atoms with van der Waals surface area (Å²) in [5.41, 5.74) is 0. The second-order valence-corrected chi connectivity index (χ2v) is 15.1. The number of carbonyl (C=O) groups is 2. The van der Waals surface area contributed by atoms with E-state index in [-0.39, 0.29) is 19.4 Å². The average Bonchev–Trinajstić information content (AvgIpc) is 3.09. The van der Waals surface area contributed by atoms with Crippen molar-refractivity contribution >= 4 is 19.8 Å². The molecule has 49 heavy (non-hydrogen) atoms. The molecule has 292 valence electrons. The van der Waals surface area contributed by atoms with Gasteiger partial charge in [0.2, 0.25) is 0 Å². The van der Waals surface area contributed by atoms with Crippen molar-refractivity contribution in [2.24, 2.45) is 0 Å². The van der Waals surface area contributed by atoms with E-state index in [1.165, 1.54) is 116 Å². The van der Waals surface area contributed by atoms with Crippen LogP contribution in [0.5, 0.6) is 0 Å². The number of aliphatic hydroxyl groups excluding tert-OH is 2. The second kappa shape index (κ2) is 35.4. The number of aliphatic hydroxyl groups is 2. The first kappa shape index (κ1) is 48.0. The molecule has 0 bridgehead atoms. The lowest BCUT2D eigenvalue weighted by Crippen LogP contribution is -2.29. The van der Waals surface area contributed by atoms with E-state index in [2.05, 4.69) is 18.4 Å². The zero-order valence-corrected chi connectivity index (χ0v) is 32.3. The standard InChI is InChI=1S/C38H75O10P/c1-3-5-7-9-11-12-13-14-15-16-17-18-19-20-21-22-24-26-28-30-38(42)48-36(34-47-49(43,44)46-32-35(40)31-39)33-45-37(41)29-27-25-23-10-8-6-4-2/h35-36,39-40H,3-34H2,1-2H3,(H,43,44)/t35-,36+/m0/s1. The molecule has 0 aliphatic carbocycles. The molecule has 0 heterocycles. The van der Waals surface area contributed by atoms with Crippen LogP contribution >= 0.6 is 7.82 Å². The fourth-order valence-electron chi connectivity index (χ4n) is 5.64. The van der Waals surface area contributed by atoms with E-state index < -0.39 is 51.8 Å². The fourth-order valence-corrected chi connectivity index (χ4v) is 6.43. The van der Waals surface area contributed by atoms with Crippen LogP contribution in [0.1, 0.15) is 194 Å². The molecule has 1 unspecified atom stereocenters. The number of hydrogen-bond donors (Lipinski definition) is 3. The molecule has 11 heteroatoms.